The van der Waals surface area contributed by atoms with Crippen molar-refractivity contribution >= 4 is 11.9 Å². The Kier molecular flexibility index (Phi) is 4.27. The van der Waals surface area contributed by atoms with Gasteiger partial charge in [0, 0.05) is 0 Å². The molecule has 1 heterocycles. The predicted octanol–water partition coefficient (Wildman–Crippen LogP) is 2.02. The molecule has 1 aliphatic heterocycles. The summed E-state index contributed by atoms with van der Waals surface area (Å²) in [6.45, 7) is 5.86. The van der Waals surface area contributed by atoms with Gasteiger partial charge in [0.2, 0.25) is 0 Å². The van der Waals surface area contributed by atoms with Gasteiger partial charge in [-0.2, -0.15) is 0 Å². The Balaban J connectivity index is 2.14. The van der Waals surface area contributed by atoms with Gasteiger partial charge in [-0.3, -0.25) is 9.69 Å². The maximum absolute atomic E-state index is 13.0. The van der Waals surface area contributed by atoms with Gasteiger partial charge in [-0.25, -0.2) is 9.18 Å². The molecule has 5 nitrogen and oxygen atoms in total. The van der Waals surface area contributed by atoms with Gasteiger partial charge in [0.1, 0.15) is 11.4 Å². The van der Waals surface area contributed by atoms with Gasteiger partial charge in [-0.05, 0) is 38.5 Å². The van der Waals surface area contributed by atoms with E-state index in [0.29, 0.717) is 5.56 Å². The first-order valence-corrected chi connectivity index (χ1v) is 6.86. The third kappa shape index (κ3) is 3.05. The molecule has 0 aliphatic carbocycles. The molecule has 6 heteroatoms. The normalized spacial score (nSPS) is 22.0. The molecule has 0 radical (unpaired) electrons. The third-order valence-electron chi connectivity index (χ3n) is 3.46. The van der Waals surface area contributed by atoms with Crippen molar-refractivity contribution < 1.29 is 18.7 Å². The minimum Gasteiger partial charge on any atom is -0.377 e. The molecule has 1 aliphatic rings. The number of benzene rings is 1. The highest BCUT2D eigenvalue weighted by molar-refractivity contribution is 6.07. The number of imide groups is 1. The fraction of sp³-hybridized carbons (Fsp3) is 0.467. The van der Waals surface area contributed by atoms with Gasteiger partial charge >= 0.3 is 6.03 Å². The number of nitrogens with zero attached hydrogens (tertiary/aromatic N) is 1. The molecule has 114 valence electrons. The summed E-state index contributed by atoms with van der Waals surface area (Å²) in [5.41, 5.74) is -0.614. The van der Waals surface area contributed by atoms with E-state index in [4.69, 9.17) is 4.74 Å². The molecule has 0 aromatic heterocycles. The Hall–Kier alpha value is -1.95. The molecule has 3 amide bonds. The van der Waals surface area contributed by atoms with Gasteiger partial charge < -0.3 is 10.1 Å². The van der Waals surface area contributed by atoms with Crippen LogP contribution in [0.5, 0.6) is 0 Å². The number of ether oxygens (including phenoxy) is 1. The van der Waals surface area contributed by atoms with E-state index in [1.807, 2.05) is 13.8 Å². The summed E-state index contributed by atoms with van der Waals surface area (Å²) in [6.07, 6.45) is 0.0363. The number of hydrogen-bond acceptors (Lipinski definition) is 3. The lowest BCUT2D eigenvalue weighted by Crippen LogP contribution is -2.41. The summed E-state index contributed by atoms with van der Waals surface area (Å²) in [7, 11) is 0. The monoisotopic (exact) mass is 294 g/mol. The molecule has 1 saturated heterocycles. The number of hydrogen-bond donors (Lipinski definition) is 1. The number of urea groups is 1. The number of carbonyl (C=O) groups excluding carboxylic acids is 2. The lowest BCUT2D eigenvalue weighted by molar-refractivity contribution is -0.131. The van der Waals surface area contributed by atoms with Crippen molar-refractivity contribution in [3.63, 3.8) is 0 Å². The Labute approximate surface area is 123 Å². The smallest absolute Gasteiger partial charge is 0.325 e. The summed E-state index contributed by atoms with van der Waals surface area (Å²) in [4.78, 5) is 25.6. The van der Waals surface area contributed by atoms with E-state index in [1.54, 1.807) is 6.92 Å². The van der Waals surface area contributed by atoms with Crippen LogP contribution in [-0.2, 0) is 15.1 Å². The van der Waals surface area contributed by atoms with E-state index < -0.39 is 11.6 Å². The predicted molar refractivity (Wildman–Crippen MR) is 75.1 cm³/mol. The zero-order valence-corrected chi connectivity index (χ0v) is 12.4. The molecule has 0 bridgehead atoms. The second kappa shape index (κ2) is 5.81. The van der Waals surface area contributed by atoms with Crippen molar-refractivity contribution in [2.24, 2.45) is 0 Å². The molecule has 1 unspecified atom stereocenters. The van der Waals surface area contributed by atoms with Gasteiger partial charge in [0.15, 0.2) is 0 Å². The van der Waals surface area contributed by atoms with Crippen LogP contribution in [0.15, 0.2) is 24.3 Å². The zero-order chi connectivity index (χ0) is 15.6. The van der Waals surface area contributed by atoms with Crippen LogP contribution in [0.25, 0.3) is 0 Å². The summed E-state index contributed by atoms with van der Waals surface area (Å²) < 4.78 is 18.4. The summed E-state index contributed by atoms with van der Waals surface area (Å²) in [6, 6.07) is 5.08. The van der Waals surface area contributed by atoms with Crippen molar-refractivity contribution in [3.8, 4) is 0 Å². The number of rotatable bonds is 5. The quantitative estimate of drug-likeness (QED) is 0.845. The maximum Gasteiger partial charge on any atom is 0.325 e. The van der Waals surface area contributed by atoms with Gasteiger partial charge in [0.25, 0.3) is 5.91 Å². The van der Waals surface area contributed by atoms with E-state index in [9.17, 15) is 14.0 Å². The average molecular weight is 294 g/mol. The summed E-state index contributed by atoms with van der Waals surface area (Å²) in [5, 5.41) is 2.66. The van der Waals surface area contributed by atoms with Crippen molar-refractivity contribution in [2.75, 3.05) is 13.2 Å². The molecule has 0 spiro atoms. The molecule has 0 saturated carbocycles. The number of nitrogens with one attached hydrogen (secondary N) is 1. The Morgan fingerprint density at radius 3 is 2.48 bits per heavy atom. The minimum atomic E-state index is -1.16. The SMILES string of the molecule is CC(C)OCCN1C(=O)NC(C)(c2ccc(F)cc2)C1=O. The first kappa shape index (κ1) is 15.4. The van der Waals surface area contributed by atoms with Gasteiger partial charge in [-0.1, -0.05) is 12.1 Å². The van der Waals surface area contributed by atoms with Crippen LogP contribution in [0.3, 0.4) is 0 Å². The van der Waals surface area contributed by atoms with E-state index in [2.05, 4.69) is 5.32 Å². The molecule has 1 aromatic rings. The fourth-order valence-electron chi connectivity index (χ4n) is 2.26. The molecule has 1 fully saturated rings. The van der Waals surface area contributed by atoms with Crippen molar-refractivity contribution in [1.82, 2.24) is 10.2 Å². The van der Waals surface area contributed by atoms with Crippen LogP contribution in [-0.4, -0.2) is 36.1 Å². The van der Waals surface area contributed by atoms with Crippen LogP contribution in [0.4, 0.5) is 9.18 Å². The van der Waals surface area contributed by atoms with E-state index >= 15 is 0 Å². The first-order chi connectivity index (χ1) is 9.84. The second-order valence-corrected chi connectivity index (χ2v) is 5.44. The number of halogens is 1. The molecule has 1 N–H and O–H groups in total. The summed E-state index contributed by atoms with van der Waals surface area (Å²) >= 11 is 0. The van der Waals surface area contributed by atoms with Crippen LogP contribution in [0.1, 0.15) is 26.3 Å². The number of amides is 3. The molecule has 1 atom stereocenters. The highest BCUT2D eigenvalue weighted by Crippen LogP contribution is 2.28. The van der Waals surface area contributed by atoms with E-state index in [-0.39, 0.29) is 31.0 Å². The standard InChI is InChI=1S/C15H19FN2O3/c1-10(2)21-9-8-18-13(19)15(3,17-14(18)20)11-4-6-12(16)7-5-11/h4-7,10H,8-9H2,1-3H3,(H,17,20). The highest BCUT2D eigenvalue weighted by atomic mass is 19.1. The van der Waals surface area contributed by atoms with E-state index in [0.717, 1.165) is 4.90 Å². The third-order valence-corrected chi connectivity index (χ3v) is 3.46. The van der Waals surface area contributed by atoms with Crippen molar-refractivity contribution in [2.45, 2.75) is 32.4 Å². The highest BCUT2D eigenvalue weighted by Gasteiger charge is 2.48. The van der Waals surface area contributed by atoms with E-state index in [1.165, 1.54) is 24.3 Å². The van der Waals surface area contributed by atoms with Crippen molar-refractivity contribution in [3.05, 3.63) is 35.6 Å². The second-order valence-electron chi connectivity index (χ2n) is 5.44. The van der Waals surface area contributed by atoms with Crippen molar-refractivity contribution in [1.29, 1.82) is 0 Å². The maximum atomic E-state index is 13.0. The number of carbonyl (C=O) groups is 2. The van der Waals surface area contributed by atoms with Gasteiger partial charge in [-0.15, -0.1) is 0 Å². The van der Waals surface area contributed by atoms with Crippen LogP contribution in [0.2, 0.25) is 0 Å². The lowest BCUT2D eigenvalue weighted by Gasteiger charge is -2.22. The zero-order valence-electron chi connectivity index (χ0n) is 12.4. The average Bonchev–Trinajstić information content (AvgIpc) is 2.63. The molecule has 1 aromatic carbocycles. The van der Waals surface area contributed by atoms with Crippen LogP contribution < -0.4 is 5.32 Å². The Bertz CT molecular complexity index is 544. The van der Waals surface area contributed by atoms with Crippen LogP contribution >= 0.6 is 0 Å². The molecular weight excluding hydrogens is 275 g/mol. The molecule has 2 rings (SSSR count). The minimum absolute atomic E-state index is 0.0363. The van der Waals surface area contributed by atoms with Gasteiger partial charge in [0.05, 0.1) is 19.3 Å². The molecule has 21 heavy (non-hydrogen) atoms. The van der Waals surface area contributed by atoms with Crippen LogP contribution in [0, 0.1) is 5.82 Å². The Morgan fingerprint density at radius 1 is 1.29 bits per heavy atom. The summed E-state index contributed by atoms with van der Waals surface area (Å²) in [5.74, 6) is -0.743. The Morgan fingerprint density at radius 2 is 1.90 bits per heavy atom. The lowest BCUT2D eigenvalue weighted by atomic mass is 9.92. The molecular formula is C15H19FN2O3. The fourth-order valence-corrected chi connectivity index (χ4v) is 2.26. The first-order valence-electron chi connectivity index (χ1n) is 6.86. The largest absolute Gasteiger partial charge is 0.377 e. The topological polar surface area (TPSA) is 58.6 Å².